The smallest absolute Gasteiger partial charge is 0.230 e. The molecule has 26 heavy (non-hydrogen) atoms. The molecule has 2 aromatic rings. The molecule has 1 aliphatic rings. The van der Waals surface area contributed by atoms with Gasteiger partial charge < -0.3 is 15.0 Å². The Hall–Kier alpha value is -2.28. The van der Waals surface area contributed by atoms with Crippen LogP contribution in [0.15, 0.2) is 47.6 Å². The molecule has 0 spiro atoms. The van der Waals surface area contributed by atoms with Crippen LogP contribution < -0.4 is 15.0 Å². The highest BCUT2D eigenvalue weighted by Crippen LogP contribution is 2.23. The molecule has 6 nitrogen and oxygen atoms in total. The molecular formula is C19H24N4O2S. The average Bonchev–Trinajstić information content (AvgIpc) is 2.72. The average molecular weight is 372 g/mol. The third-order valence-electron chi connectivity index (χ3n) is 4.35. The summed E-state index contributed by atoms with van der Waals surface area (Å²) >= 11 is 1.52. The number of ether oxygens (including phenoxy) is 1. The molecule has 1 amide bonds. The molecule has 2 heterocycles. The Labute approximate surface area is 158 Å². The highest BCUT2D eigenvalue weighted by molar-refractivity contribution is 8.00. The minimum Gasteiger partial charge on any atom is -0.497 e. The number of aromatic nitrogens is 2. The van der Waals surface area contributed by atoms with Crippen LogP contribution in [0.5, 0.6) is 5.75 Å². The van der Waals surface area contributed by atoms with E-state index in [9.17, 15) is 4.79 Å². The number of thioether (sulfide) groups is 1. The van der Waals surface area contributed by atoms with E-state index in [1.54, 1.807) is 19.5 Å². The second kappa shape index (κ2) is 9.43. The molecule has 138 valence electrons. The van der Waals surface area contributed by atoms with E-state index in [0.717, 1.165) is 42.5 Å². The number of rotatable bonds is 7. The lowest BCUT2D eigenvalue weighted by atomic mass is 9.98. The van der Waals surface area contributed by atoms with Crippen LogP contribution in [0.1, 0.15) is 12.8 Å². The number of nitrogens with one attached hydrogen (secondary N) is 1. The van der Waals surface area contributed by atoms with Gasteiger partial charge in [-0.2, -0.15) is 0 Å². The number of hydrogen-bond acceptors (Lipinski definition) is 6. The maximum atomic E-state index is 12.2. The van der Waals surface area contributed by atoms with Gasteiger partial charge in [-0.25, -0.2) is 9.97 Å². The number of anilines is 1. The van der Waals surface area contributed by atoms with Gasteiger partial charge in [0.25, 0.3) is 0 Å². The Kier molecular flexibility index (Phi) is 6.71. The van der Waals surface area contributed by atoms with E-state index >= 15 is 0 Å². The quantitative estimate of drug-likeness (QED) is 0.754. The molecule has 3 rings (SSSR count). The van der Waals surface area contributed by atoms with Gasteiger partial charge >= 0.3 is 0 Å². The van der Waals surface area contributed by atoms with Crippen LogP contribution in [0.2, 0.25) is 0 Å². The number of nitrogens with zero attached hydrogens (tertiary/aromatic N) is 3. The Morgan fingerprint density at radius 1 is 1.35 bits per heavy atom. The van der Waals surface area contributed by atoms with Crippen molar-refractivity contribution < 1.29 is 9.53 Å². The molecule has 1 N–H and O–H groups in total. The molecule has 1 unspecified atom stereocenters. The number of carbonyl (C=O) groups excluding carboxylic acids is 1. The lowest BCUT2D eigenvalue weighted by molar-refractivity contribution is -0.118. The van der Waals surface area contributed by atoms with Gasteiger partial charge in [0.15, 0.2) is 0 Å². The number of methoxy groups -OCH3 is 1. The second-order valence-electron chi connectivity index (χ2n) is 6.27. The summed E-state index contributed by atoms with van der Waals surface area (Å²) in [6.07, 6.45) is 5.75. The maximum Gasteiger partial charge on any atom is 0.230 e. The zero-order valence-corrected chi connectivity index (χ0v) is 15.7. The molecule has 1 atom stereocenters. The lowest BCUT2D eigenvalue weighted by Gasteiger charge is -2.32. The Morgan fingerprint density at radius 3 is 3.00 bits per heavy atom. The summed E-state index contributed by atoms with van der Waals surface area (Å²) in [5, 5.41) is 3.06. The summed E-state index contributed by atoms with van der Waals surface area (Å²) in [4.78, 5) is 24.0. The van der Waals surface area contributed by atoms with Crippen molar-refractivity contribution in [2.24, 2.45) is 5.92 Å². The zero-order chi connectivity index (χ0) is 18.2. The van der Waals surface area contributed by atoms with Crippen molar-refractivity contribution in [1.29, 1.82) is 0 Å². The van der Waals surface area contributed by atoms with Crippen LogP contribution in [0.3, 0.4) is 0 Å². The van der Waals surface area contributed by atoms with E-state index in [1.165, 1.54) is 11.8 Å². The normalized spacial score (nSPS) is 17.0. The molecule has 1 saturated heterocycles. The number of amides is 1. The van der Waals surface area contributed by atoms with Gasteiger partial charge in [0.1, 0.15) is 5.75 Å². The molecule has 1 aromatic carbocycles. The van der Waals surface area contributed by atoms with Crippen LogP contribution in [-0.4, -0.2) is 48.4 Å². The molecule has 1 fully saturated rings. The fraction of sp³-hybridized carbons (Fsp3) is 0.421. The SMILES string of the molecule is COc1cccc(SCC(=O)NCC2CCCN(c3ncccn3)C2)c1. The number of carbonyl (C=O) groups is 1. The fourth-order valence-electron chi connectivity index (χ4n) is 3.02. The van der Waals surface area contributed by atoms with Crippen molar-refractivity contribution >= 4 is 23.6 Å². The van der Waals surface area contributed by atoms with Crippen molar-refractivity contribution in [3.63, 3.8) is 0 Å². The summed E-state index contributed by atoms with van der Waals surface area (Å²) < 4.78 is 5.21. The van der Waals surface area contributed by atoms with Crippen molar-refractivity contribution in [2.45, 2.75) is 17.7 Å². The Balaban J connectivity index is 1.42. The summed E-state index contributed by atoms with van der Waals surface area (Å²) in [7, 11) is 1.64. The lowest BCUT2D eigenvalue weighted by Crippen LogP contribution is -2.42. The topological polar surface area (TPSA) is 67.3 Å². The van der Waals surface area contributed by atoms with Gasteiger partial charge in [-0.05, 0) is 43.0 Å². The highest BCUT2D eigenvalue weighted by atomic mass is 32.2. The van der Waals surface area contributed by atoms with E-state index in [-0.39, 0.29) is 5.91 Å². The third kappa shape index (κ3) is 5.36. The van der Waals surface area contributed by atoms with E-state index in [0.29, 0.717) is 18.2 Å². The minimum atomic E-state index is 0.0610. The van der Waals surface area contributed by atoms with Gasteiger partial charge in [-0.3, -0.25) is 4.79 Å². The van der Waals surface area contributed by atoms with E-state index in [1.807, 2.05) is 30.3 Å². The molecule has 1 aromatic heterocycles. The highest BCUT2D eigenvalue weighted by Gasteiger charge is 2.22. The monoisotopic (exact) mass is 372 g/mol. The molecule has 0 aliphatic carbocycles. The first-order chi connectivity index (χ1) is 12.7. The first-order valence-electron chi connectivity index (χ1n) is 8.80. The molecule has 0 radical (unpaired) electrons. The summed E-state index contributed by atoms with van der Waals surface area (Å²) in [6.45, 7) is 2.55. The van der Waals surface area contributed by atoms with E-state index < -0.39 is 0 Å². The predicted molar refractivity (Wildman–Crippen MR) is 104 cm³/mol. The van der Waals surface area contributed by atoms with Crippen LogP contribution in [0, 0.1) is 5.92 Å². The van der Waals surface area contributed by atoms with Crippen LogP contribution in [0.4, 0.5) is 5.95 Å². The Bertz CT molecular complexity index is 714. The van der Waals surface area contributed by atoms with Gasteiger partial charge in [-0.1, -0.05) is 6.07 Å². The van der Waals surface area contributed by atoms with Gasteiger partial charge in [0.05, 0.1) is 12.9 Å². The predicted octanol–water partition coefficient (Wildman–Crippen LogP) is 2.61. The van der Waals surface area contributed by atoms with Crippen molar-refractivity contribution in [3.05, 3.63) is 42.7 Å². The second-order valence-corrected chi connectivity index (χ2v) is 7.32. The van der Waals surface area contributed by atoms with Crippen molar-refractivity contribution in [1.82, 2.24) is 15.3 Å². The zero-order valence-electron chi connectivity index (χ0n) is 14.9. The number of benzene rings is 1. The summed E-state index contributed by atoms with van der Waals surface area (Å²) in [5.74, 6) is 2.48. The maximum absolute atomic E-state index is 12.2. The molecule has 0 bridgehead atoms. The fourth-order valence-corrected chi connectivity index (χ4v) is 3.79. The molecular weight excluding hydrogens is 348 g/mol. The number of hydrogen-bond donors (Lipinski definition) is 1. The van der Waals surface area contributed by atoms with Gasteiger partial charge in [0.2, 0.25) is 11.9 Å². The minimum absolute atomic E-state index is 0.0610. The molecule has 0 saturated carbocycles. The van der Waals surface area contributed by atoms with Crippen molar-refractivity contribution in [3.8, 4) is 5.75 Å². The summed E-state index contributed by atoms with van der Waals surface area (Å²) in [6, 6.07) is 9.58. The van der Waals surface area contributed by atoms with Crippen LogP contribution in [-0.2, 0) is 4.79 Å². The summed E-state index contributed by atoms with van der Waals surface area (Å²) in [5.41, 5.74) is 0. The first kappa shape index (κ1) is 18.5. The molecule has 7 heteroatoms. The molecule has 1 aliphatic heterocycles. The number of piperidine rings is 1. The van der Waals surface area contributed by atoms with Crippen molar-refractivity contribution in [2.75, 3.05) is 37.4 Å². The third-order valence-corrected chi connectivity index (χ3v) is 5.35. The van der Waals surface area contributed by atoms with E-state index in [2.05, 4.69) is 20.2 Å². The van der Waals surface area contributed by atoms with Crippen LogP contribution in [0.25, 0.3) is 0 Å². The van der Waals surface area contributed by atoms with Gasteiger partial charge in [-0.15, -0.1) is 11.8 Å². The van der Waals surface area contributed by atoms with Crippen LogP contribution >= 0.6 is 11.8 Å². The largest absolute Gasteiger partial charge is 0.497 e. The standard InChI is InChI=1S/C19H24N4O2S/c1-25-16-6-2-7-17(11-16)26-14-18(24)22-12-15-5-3-10-23(13-15)19-20-8-4-9-21-19/h2,4,6-9,11,15H,3,5,10,12-14H2,1H3,(H,22,24). The Morgan fingerprint density at radius 2 is 2.19 bits per heavy atom. The van der Waals surface area contributed by atoms with Gasteiger partial charge in [0, 0.05) is 36.9 Å². The first-order valence-corrected chi connectivity index (χ1v) is 9.78. The van der Waals surface area contributed by atoms with E-state index in [4.69, 9.17) is 4.74 Å².